The van der Waals surface area contributed by atoms with Gasteiger partial charge in [-0.25, -0.2) is 24.7 Å². The van der Waals surface area contributed by atoms with Gasteiger partial charge in [0.05, 0.1) is 11.0 Å². The first-order chi connectivity index (χ1) is 9.15. The van der Waals surface area contributed by atoms with Gasteiger partial charge in [-0.2, -0.15) is 8.42 Å². The largest absolute Gasteiger partial charge is 0.327 e. The third-order valence-electron chi connectivity index (χ3n) is 2.34. The summed E-state index contributed by atoms with van der Waals surface area (Å²) in [5, 5.41) is -0.186. The van der Waals surface area contributed by atoms with E-state index < -0.39 is 10.0 Å². The summed E-state index contributed by atoms with van der Waals surface area (Å²) in [5.74, 6) is -0.0598. The predicted molar refractivity (Wildman–Crippen MR) is 66.7 cm³/mol. The number of hydrogen-bond donors (Lipinski definition) is 2. The normalized spacial score (nSPS) is 11.6. The van der Waals surface area contributed by atoms with Crippen molar-refractivity contribution in [1.82, 2.24) is 24.9 Å². The van der Waals surface area contributed by atoms with Crippen LogP contribution in [0, 0.1) is 0 Å². The maximum atomic E-state index is 12.1. The highest BCUT2D eigenvalue weighted by Crippen LogP contribution is 2.15. The summed E-state index contributed by atoms with van der Waals surface area (Å²) in [6.45, 7) is 0. The lowest BCUT2D eigenvalue weighted by atomic mass is 10.3. The molecule has 0 fully saturated rings. The fraction of sp³-hybridized carbons (Fsp3) is 0. The van der Waals surface area contributed by atoms with Crippen LogP contribution in [0.2, 0.25) is 0 Å². The number of benzene rings is 1. The van der Waals surface area contributed by atoms with Crippen molar-refractivity contribution in [1.29, 1.82) is 0 Å². The average molecular weight is 276 g/mol. The van der Waals surface area contributed by atoms with Crippen LogP contribution in [0.25, 0.3) is 11.0 Å². The van der Waals surface area contributed by atoms with Gasteiger partial charge < -0.3 is 4.98 Å². The van der Waals surface area contributed by atoms with Crippen molar-refractivity contribution >= 4 is 27.0 Å². The topological polar surface area (TPSA) is 114 Å². The van der Waals surface area contributed by atoms with E-state index in [2.05, 4.69) is 29.6 Å². The summed E-state index contributed by atoms with van der Waals surface area (Å²) in [6, 6.07) is 7.02. The van der Waals surface area contributed by atoms with Crippen molar-refractivity contribution in [2.45, 2.75) is 5.16 Å². The quantitative estimate of drug-likeness (QED) is 0.722. The third-order valence-corrected chi connectivity index (χ3v) is 3.49. The molecule has 0 amide bonds. The lowest BCUT2D eigenvalue weighted by Crippen LogP contribution is -2.16. The number of rotatable bonds is 3. The summed E-state index contributed by atoms with van der Waals surface area (Å²) >= 11 is 0. The Hall–Kier alpha value is -2.55. The SMILES string of the molecule is O=S(=O)(Nc1ncncn1)c1nc2ccccc2[nH]1. The van der Waals surface area contributed by atoms with Crippen LogP contribution >= 0.6 is 0 Å². The van der Waals surface area contributed by atoms with E-state index in [1.165, 1.54) is 12.7 Å². The van der Waals surface area contributed by atoms with E-state index in [9.17, 15) is 8.42 Å². The molecule has 2 heterocycles. The van der Waals surface area contributed by atoms with Gasteiger partial charge in [0, 0.05) is 0 Å². The van der Waals surface area contributed by atoms with Crippen LogP contribution < -0.4 is 4.72 Å². The van der Waals surface area contributed by atoms with E-state index in [4.69, 9.17) is 0 Å². The molecule has 2 aromatic heterocycles. The van der Waals surface area contributed by atoms with Crippen LogP contribution in [0.3, 0.4) is 0 Å². The number of nitrogens with zero attached hydrogens (tertiary/aromatic N) is 4. The van der Waals surface area contributed by atoms with Crippen molar-refractivity contribution in [3.05, 3.63) is 36.9 Å². The lowest BCUT2D eigenvalue weighted by molar-refractivity contribution is 0.594. The number of H-pyrrole nitrogens is 1. The van der Waals surface area contributed by atoms with Crippen LogP contribution in [0.15, 0.2) is 42.1 Å². The van der Waals surface area contributed by atoms with Gasteiger partial charge in [0.15, 0.2) is 0 Å². The number of para-hydroxylation sites is 2. The van der Waals surface area contributed by atoms with Gasteiger partial charge in [0.1, 0.15) is 12.7 Å². The number of hydrogen-bond acceptors (Lipinski definition) is 6. The van der Waals surface area contributed by atoms with Gasteiger partial charge in [-0.3, -0.25) is 0 Å². The zero-order valence-electron chi connectivity index (χ0n) is 9.48. The smallest absolute Gasteiger partial charge is 0.298 e. The number of aromatic amines is 1. The van der Waals surface area contributed by atoms with Crippen LogP contribution in [0.1, 0.15) is 0 Å². The number of nitrogens with one attached hydrogen (secondary N) is 2. The van der Waals surface area contributed by atoms with Gasteiger partial charge in [0.2, 0.25) is 11.1 Å². The second kappa shape index (κ2) is 4.28. The third kappa shape index (κ3) is 2.22. The lowest BCUT2D eigenvalue weighted by Gasteiger charge is -2.01. The van der Waals surface area contributed by atoms with Crippen molar-refractivity contribution < 1.29 is 8.42 Å². The fourth-order valence-corrected chi connectivity index (χ4v) is 2.42. The molecular weight excluding hydrogens is 268 g/mol. The molecule has 0 spiro atoms. The Bertz CT molecular complexity index is 781. The highest BCUT2D eigenvalue weighted by molar-refractivity contribution is 7.92. The Morgan fingerprint density at radius 1 is 1.11 bits per heavy atom. The van der Waals surface area contributed by atoms with Gasteiger partial charge in [0.25, 0.3) is 10.0 Å². The number of anilines is 1. The van der Waals surface area contributed by atoms with Crippen LogP contribution in [0.4, 0.5) is 5.95 Å². The molecule has 3 rings (SSSR count). The number of imidazole rings is 1. The van der Waals surface area contributed by atoms with Gasteiger partial charge in [-0.05, 0) is 12.1 Å². The molecule has 0 aliphatic rings. The molecular formula is C10H8N6O2S. The van der Waals surface area contributed by atoms with Crippen LogP contribution in [0.5, 0.6) is 0 Å². The minimum absolute atomic E-state index is 0.0598. The maximum Gasteiger partial charge on any atom is 0.298 e. The molecule has 19 heavy (non-hydrogen) atoms. The second-order valence-electron chi connectivity index (χ2n) is 3.63. The number of fused-ring (bicyclic) bond motifs is 1. The molecule has 9 heteroatoms. The van der Waals surface area contributed by atoms with Crippen molar-refractivity contribution in [3.63, 3.8) is 0 Å². The van der Waals surface area contributed by atoms with E-state index in [-0.39, 0.29) is 11.1 Å². The van der Waals surface area contributed by atoms with E-state index in [1.807, 2.05) is 0 Å². The number of aromatic nitrogens is 5. The van der Waals surface area contributed by atoms with E-state index in [0.29, 0.717) is 11.0 Å². The first-order valence-electron chi connectivity index (χ1n) is 5.25. The molecule has 0 aliphatic heterocycles. The Morgan fingerprint density at radius 2 is 1.84 bits per heavy atom. The standard InChI is InChI=1S/C10H8N6O2S/c17-19(18,16-9-12-5-11-6-13-9)10-14-7-3-1-2-4-8(7)15-10/h1-6H,(H,14,15)(H,11,12,13,16). The monoisotopic (exact) mass is 276 g/mol. The summed E-state index contributed by atoms with van der Waals surface area (Å²) in [6.07, 6.45) is 2.40. The molecule has 0 unspecified atom stereocenters. The fourth-order valence-electron chi connectivity index (χ4n) is 1.52. The highest BCUT2D eigenvalue weighted by atomic mass is 32.2. The summed E-state index contributed by atoms with van der Waals surface area (Å²) in [7, 11) is -3.84. The zero-order valence-corrected chi connectivity index (χ0v) is 10.3. The minimum Gasteiger partial charge on any atom is -0.327 e. The van der Waals surface area contributed by atoms with Gasteiger partial charge in [-0.15, -0.1) is 0 Å². The van der Waals surface area contributed by atoms with E-state index >= 15 is 0 Å². The Balaban J connectivity index is 2.00. The van der Waals surface area contributed by atoms with Gasteiger partial charge >= 0.3 is 0 Å². The molecule has 1 aromatic carbocycles. The molecule has 0 radical (unpaired) electrons. The molecule has 0 saturated heterocycles. The summed E-state index contributed by atoms with van der Waals surface area (Å²) < 4.78 is 26.3. The molecule has 3 aromatic rings. The second-order valence-corrected chi connectivity index (χ2v) is 5.22. The Labute approximate surface area is 108 Å². The minimum atomic E-state index is -3.84. The molecule has 96 valence electrons. The predicted octanol–water partition coefficient (Wildman–Crippen LogP) is 0.549. The highest BCUT2D eigenvalue weighted by Gasteiger charge is 2.19. The molecule has 0 atom stereocenters. The number of sulfonamides is 1. The molecule has 8 nitrogen and oxygen atoms in total. The Morgan fingerprint density at radius 3 is 2.58 bits per heavy atom. The maximum absolute atomic E-state index is 12.1. The van der Waals surface area contributed by atoms with Crippen LogP contribution in [-0.2, 0) is 10.0 Å². The zero-order chi connectivity index (χ0) is 13.3. The van der Waals surface area contributed by atoms with Gasteiger partial charge in [-0.1, -0.05) is 12.1 Å². The molecule has 0 saturated carbocycles. The Kier molecular flexibility index (Phi) is 2.60. The van der Waals surface area contributed by atoms with Crippen LogP contribution in [-0.4, -0.2) is 33.3 Å². The summed E-state index contributed by atoms with van der Waals surface area (Å²) in [4.78, 5) is 17.7. The van der Waals surface area contributed by atoms with Crippen molar-refractivity contribution in [2.75, 3.05) is 4.72 Å². The van der Waals surface area contributed by atoms with Crippen molar-refractivity contribution in [3.8, 4) is 0 Å². The van der Waals surface area contributed by atoms with E-state index in [0.717, 1.165) is 0 Å². The first kappa shape index (κ1) is 11.5. The first-order valence-corrected chi connectivity index (χ1v) is 6.73. The molecule has 0 aliphatic carbocycles. The molecule has 0 bridgehead atoms. The summed E-state index contributed by atoms with van der Waals surface area (Å²) in [5.41, 5.74) is 1.21. The molecule has 2 N–H and O–H groups in total. The average Bonchev–Trinajstić information content (AvgIpc) is 2.84. The van der Waals surface area contributed by atoms with E-state index in [1.54, 1.807) is 24.3 Å². The van der Waals surface area contributed by atoms with Crippen molar-refractivity contribution in [2.24, 2.45) is 0 Å².